The Morgan fingerprint density at radius 2 is 1.88 bits per heavy atom. The molecule has 206 valence electrons. The maximum absolute atomic E-state index is 13.4. The van der Waals surface area contributed by atoms with Gasteiger partial charge in [-0.3, -0.25) is 9.48 Å². The minimum Gasteiger partial charge on any atom is -0.442 e. The molecule has 0 saturated carbocycles. The van der Waals surface area contributed by atoms with Gasteiger partial charge in [0.05, 0.1) is 24.1 Å². The molecule has 11 nitrogen and oxygen atoms in total. The van der Waals surface area contributed by atoms with E-state index in [4.69, 9.17) is 10.5 Å². The predicted octanol–water partition coefficient (Wildman–Crippen LogP) is 3.45. The van der Waals surface area contributed by atoms with Crippen molar-refractivity contribution in [1.82, 2.24) is 25.1 Å². The lowest BCUT2D eigenvalue weighted by Crippen LogP contribution is -2.29. The molecule has 2 aromatic heterocycles. The number of nitrogens with zero attached hydrogens (tertiary/aromatic N) is 5. The van der Waals surface area contributed by atoms with Crippen LogP contribution in [0.4, 0.5) is 17.2 Å². The fraction of sp³-hybridized carbons (Fsp3) is 0.276. The molecule has 3 heterocycles. The van der Waals surface area contributed by atoms with Crippen molar-refractivity contribution < 1.29 is 14.3 Å². The number of aromatic nitrogens is 4. The van der Waals surface area contributed by atoms with Gasteiger partial charge in [-0.25, -0.2) is 14.8 Å². The summed E-state index contributed by atoms with van der Waals surface area (Å²) in [6.07, 6.45) is 5.80. The van der Waals surface area contributed by atoms with Gasteiger partial charge in [0.2, 0.25) is 6.10 Å². The number of esters is 1. The molecule has 0 radical (unpaired) electrons. The van der Waals surface area contributed by atoms with Crippen LogP contribution in [0.2, 0.25) is 0 Å². The minimum absolute atomic E-state index is 0.0922. The van der Waals surface area contributed by atoms with Crippen LogP contribution in [0.15, 0.2) is 73.2 Å². The second-order valence-corrected chi connectivity index (χ2v) is 9.81. The molecule has 11 heteroatoms. The third-order valence-corrected chi connectivity index (χ3v) is 6.77. The average molecular weight is 541 g/mol. The maximum Gasteiger partial charge on any atom is 0.361 e. The maximum atomic E-state index is 13.4. The van der Waals surface area contributed by atoms with Crippen LogP contribution in [0.25, 0.3) is 11.3 Å². The first-order valence-corrected chi connectivity index (χ1v) is 13.1. The Morgan fingerprint density at radius 3 is 2.62 bits per heavy atom. The van der Waals surface area contributed by atoms with E-state index in [0.29, 0.717) is 28.6 Å². The van der Waals surface area contributed by atoms with Gasteiger partial charge < -0.3 is 26.0 Å². The molecule has 4 aromatic rings. The highest BCUT2D eigenvalue weighted by molar-refractivity contribution is 5.99. The molecule has 1 aliphatic heterocycles. The van der Waals surface area contributed by atoms with Crippen LogP contribution >= 0.6 is 0 Å². The summed E-state index contributed by atoms with van der Waals surface area (Å²) in [5, 5.41) is 10.7. The fourth-order valence-corrected chi connectivity index (χ4v) is 4.56. The lowest BCUT2D eigenvalue weighted by molar-refractivity contribution is -0.125. The second kappa shape index (κ2) is 12.0. The number of hydrogen-bond acceptors (Lipinski definition) is 9. The molecule has 1 fully saturated rings. The van der Waals surface area contributed by atoms with Crippen molar-refractivity contribution >= 4 is 29.1 Å². The van der Waals surface area contributed by atoms with Crippen molar-refractivity contribution in [2.75, 3.05) is 43.1 Å². The molecule has 0 aliphatic carbocycles. The summed E-state index contributed by atoms with van der Waals surface area (Å²) in [5.41, 5.74) is 8.99. The van der Waals surface area contributed by atoms with Crippen molar-refractivity contribution in [1.29, 1.82) is 0 Å². The minimum atomic E-state index is -1.25. The van der Waals surface area contributed by atoms with E-state index in [1.807, 2.05) is 54.1 Å². The van der Waals surface area contributed by atoms with Crippen molar-refractivity contribution in [3.63, 3.8) is 0 Å². The van der Waals surface area contributed by atoms with E-state index < -0.39 is 18.0 Å². The van der Waals surface area contributed by atoms with Crippen molar-refractivity contribution in [3.05, 3.63) is 84.4 Å². The van der Waals surface area contributed by atoms with E-state index in [0.717, 1.165) is 31.6 Å². The Hall–Kier alpha value is -4.77. The molecule has 1 atom stereocenters. The van der Waals surface area contributed by atoms with Crippen LogP contribution < -0.4 is 21.3 Å². The molecule has 1 aliphatic rings. The molecule has 5 rings (SSSR count). The molecule has 0 bridgehead atoms. The van der Waals surface area contributed by atoms with Crippen LogP contribution in [0.3, 0.4) is 0 Å². The number of nitrogens with one attached hydrogen (secondary N) is 2. The first-order chi connectivity index (χ1) is 19.4. The van der Waals surface area contributed by atoms with Crippen molar-refractivity contribution in [3.8, 4) is 11.3 Å². The Labute approximate surface area is 232 Å². The van der Waals surface area contributed by atoms with Gasteiger partial charge in [-0.05, 0) is 44.1 Å². The number of hydrogen-bond donors (Lipinski definition) is 3. The highest BCUT2D eigenvalue weighted by Gasteiger charge is 2.28. The van der Waals surface area contributed by atoms with Crippen LogP contribution in [-0.4, -0.2) is 58.8 Å². The number of carbonyl (C=O) groups is 2. The van der Waals surface area contributed by atoms with Gasteiger partial charge >= 0.3 is 5.97 Å². The fourth-order valence-electron chi connectivity index (χ4n) is 4.56. The highest BCUT2D eigenvalue weighted by Crippen LogP contribution is 2.26. The summed E-state index contributed by atoms with van der Waals surface area (Å²) in [7, 11) is 3.82. The number of piperidine rings is 1. The van der Waals surface area contributed by atoms with Gasteiger partial charge in [0, 0.05) is 42.8 Å². The summed E-state index contributed by atoms with van der Waals surface area (Å²) < 4.78 is 7.66. The normalized spacial score (nSPS) is 14.3. The van der Waals surface area contributed by atoms with Crippen molar-refractivity contribution in [2.24, 2.45) is 0 Å². The number of ether oxygens (including phenoxy) is 1. The van der Waals surface area contributed by atoms with E-state index in [1.165, 1.54) is 6.20 Å². The van der Waals surface area contributed by atoms with Gasteiger partial charge in [-0.15, -0.1) is 0 Å². The standard InChI is InChI=1S/C29H32N8O3/c1-36(2)23-10-6-9-21(15-23)34-28(38)26(19-7-4-3-5-8-19)40-29(39)25-27(30)32-17-24(35-25)20-16-33-37(18-20)22-11-13-31-14-12-22/h3-10,15-18,22,26,31H,11-14H2,1-2H3,(H2,30,32)(H,34,38)/t26-/m1/s1. The molecule has 40 heavy (non-hydrogen) atoms. The number of nitrogens with two attached hydrogens (primary N) is 1. The van der Waals surface area contributed by atoms with E-state index in [2.05, 4.69) is 25.7 Å². The molecule has 2 aromatic carbocycles. The zero-order valence-electron chi connectivity index (χ0n) is 22.4. The van der Waals surface area contributed by atoms with Gasteiger partial charge in [-0.2, -0.15) is 5.10 Å². The molecule has 0 unspecified atom stereocenters. The summed E-state index contributed by atoms with van der Waals surface area (Å²) in [6, 6.07) is 16.4. The van der Waals surface area contributed by atoms with Crippen LogP contribution in [-0.2, 0) is 9.53 Å². The molecular formula is C29H32N8O3. The molecule has 0 spiro atoms. The van der Waals surface area contributed by atoms with Gasteiger partial charge in [0.25, 0.3) is 5.91 Å². The van der Waals surface area contributed by atoms with E-state index in [1.54, 1.807) is 36.5 Å². The number of amides is 1. The third-order valence-electron chi connectivity index (χ3n) is 6.77. The monoisotopic (exact) mass is 540 g/mol. The third kappa shape index (κ3) is 6.10. The van der Waals surface area contributed by atoms with Crippen LogP contribution in [0, 0.1) is 0 Å². The smallest absolute Gasteiger partial charge is 0.361 e. The Morgan fingerprint density at radius 1 is 1.10 bits per heavy atom. The summed E-state index contributed by atoms with van der Waals surface area (Å²) in [5.74, 6) is -1.46. The first-order valence-electron chi connectivity index (χ1n) is 13.1. The van der Waals surface area contributed by atoms with Crippen LogP contribution in [0.5, 0.6) is 0 Å². The quantitative estimate of drug-likeness (QED) is 0.287. The van der Waals surface area contributed by atoms with E-state index in [-0.39, 0.29) is 11.5 Å². The lowest BCUT2D eigenvalue weighted by atomic mass is 10.1. The zero-order chi connectivity index (χ0) is 28.1. The second-order valence-electron chi connectivity index (χ2n) is 9.81. The van der Waals surface area contributed by atoms with Gasteiger partial charge in [0.15, 0.2) is 11.5 Å². The number of carbonyl (C=O) groups excluding carboxylic acids is 2. The number of nitrogen functional groups attached to an aromatic ring is 1. The highest BCUT2D eigenvalue weighted by atomic mass is 16.5. The summed E-state index contributed by atoms with van der Waals surface area (Å²) in [4.78, 5) is 37.3. The number of rotatable bonds is 8. The lowest BCUT2D eigenvalue weighted by Gasteiger charge is -2.22. The summed E-state index contributed by atoms with van der Waals surface area (Å²) >= 11 is 0. The predicted molar refractivity (Wildman–Crippen MR) is 153 cm³/mol. The van der Waals surface area contributed by atoms with Gasteiger partial charge in [0.1, 0.15) is 0 Å². The van der Waals surface area contributed by atoms with Crippen molar-refractivity contribution in [2.45, 2.75) is 25.0 Å². The van der Waals surface area contributed by atoms with Gasteiger partial charge in [-0.1, -0.05) is 36.4 Å². The van der Waals surface area contributed by atoms with Crippen LogP contribution in [0.1, 0.15) is 41.0 Å². The number of anilines is 3. The molecular weight excluding hydrogens is 508 g/mol. The Balaban J connectivity index is 1.38. The number of benzene rings is 2. The molecule has 1 amide bonds. The average Bonchev–Trinajstić information content (AvgIpc) is 3.47. The first kappa shape index (κ1) is 26.8. The SMILES string of the molecule is CN(C)c1cccc(NC(=O)[C@H](OC(=O)c2nc(-c3cnn(C4CCNCC4)c3)cnc2N)c2ccccc2)c1. The largest absolute Gasteiger partial charge is 0.442 e. The van der Waals surface area contributed by atoms with E-state index in [9.17, 15) is 9.59 Å². The molecule has 1 saturated heterocycles. The molecule has 4 N–H and O–H groups in total. The Bertz CT molecular complexity index is 1480. The summed E-state index contributed by atoms with van der Waals surface area (Å²) in [6.45, 7) is 1.88. The van der Waals surface area contributed by atoms with E-state index >= 15 is 0 Å². The topological polar surface area (TPSA) is 140 Å². The zero-order valence-corrected chi connectivity index (χ0v) is 22.4. The Kier molecular flexibility index (Phi) is 8.02.